The third kappa shape index (κ3) is 6.85. The summed E-state index contributed by atoms with van der Waals surface area (Å²) < 4.78 is 85.9. The fourth-order valence-electron chi connectivity index (χ4n) is 3.65. The molecular formula is C26H20BrF5N4O5. The lowest BCUT2D eigenvalue weighted by molar-refractivity contribution is -0.137. The summed E-state index contributed by atoms with van der Waals surface area (Å²) in [7, 11) is 1.78. The number of nitrogens with one attached hydrogen (secondary N) is 1. The van der Waals surface area contributed by atoms with Crippen LogP contribution >= 0.6 is 15.9 Å². The monoisotopic (exact) mass is 642 g/mol. The lowest BCUT2D eigenvalue weighted by Gasteiger charge is -2.18. The highest BCUT2D eigenvalue weighted by Gasteiger charge is 2.31. The molecule has 9 nitrogen and oxygen atoms in total. The number of aromatic nitrogens is 2. The Morgan fingerprint density at radius 2 is 1.85 bits per heavy atom. The van der Waals surface area contributed by atoms with Crippen LogP contribution in [0.3, 0.4) is 0 Å². The number of oxazole rings is 1. The first-order valence-corrected chi connectivity index (χ1v) is 12.4. The molecule has 2 heterocycles. The minimum Gasteiger partial charge on any atom is -0.474 e. The number of ether oxygens (including phenoxy) is 2. The average Bonchev–Trinajstić information content (AvgIpc) is 3.50. The van der Waals surface area contributed by atoms with Crippen molar-refractivity contribution in [3.63, 3.8) is 0 Å². The van der Waals surface area contributed by atoms with E-state index in [1.54, 1.807) is 29.9 Å². The van der Waals surface area contributed by atoms with Crippen molar-refractivity contribution in [2.24, 2.45) is 12.8 Å². The van der Waals surface area contributed by atoms with Crippen molar-refractivity contribution < 1.29 is 45.4 Å². The van der Waals surface area contributed by atoms with E-state index in [0.717, 1.165) is 42.1 Å². The molecule has 0 saturated heterocycles. The van der Waals surface area contributed by atoms with Crippen LogP contribution in [0, 0.1) is 11.6 Å². The van der Waals surface area contributed by atoms with Crippen LogP contribution in [0.5, 0.6) is 5.75 Å². The minimum atomic E-state index is -4.55. The summed E-state index contributed by atoms with van der Waals surface area (Å²) in [6.45, 7) is -0.494. The Hall–Kier alpha value is -4.40. The SMILES string of the molecule is Cn1cccc1CNC(=O)OCC(Oc1ccc(F)c(C(N)=O)c1F)c1nc(-c2ccc(C(F)(F)F)cc2)c(Br)o1. The molecule has 41 heavy (non-hydrogen) atoms. The van der Waals surface area contributed by atoms with E-state index in [0.29, 0.717) is 0 Å². The van der Waals surface area contributed by atoms with Crippen molar-refractivity contribution >= 4 is 27.9 Å². The van der Waals surface area contributed by atoms with Gasteiger partial charge in [-0.25, -0.2) is 18.6 Å². The molecule has 0 radical (unpaired) electrons. The Balaban J connectivity index is 1.61. The molecular weight excluding hydrogens is 623 g/mol. The van der Waals surface area contributed by atoms with E-state index in [4.69, 9.17) is 19.6 Å². The van der Waals surface area contributed by atoms with Crippen molar-refractivity contribution in [1.82, 2.24) is 14.9 Å². The molecule has 0 aliphatic heterocycles. The van der Waals surface area contributed by atoms with Crippen molar-refractivity contribution in [2.75, 3.05) is 6.61 Å². The normalized spacial score (nSPS) is 12.2. The second kappa shape index (κ2) is 12.0. The minimum absolute atomic E-state index is 0.0218. The van der Waals surface area contributed by atoms with E-state index in [-0.39, 0.29) is 28.4 Å². The summed E-state index contributed by atoms with van der Waals surface area (Å²) in [5, 5.41) is 2.52. The van der Waals surface area contributed by atoms with Gasteiger partial charge in [-0.15, -0.1) is 0 Å². The molecule has 2 amide bonds. The highest BCUT2D eigenvalue weighted by molar-refractivity contribution is 9.10. The molecule has 0 bridgehead atoms. The molecule has 4 rings (SSSR count). The fourth-order valence-corrected chi connectivity index (χ4v) is 4.14. The Kier molecular flexibility index (Phi) is 8.66. The maximum Gasteiger partial charge on any atom is 0.416 e. The van der Waals surface area contributed by atoms with Crippen LogP contribution < -0.4 is 15.8 Å². The molecule has 1 atom stereocenters. The molecule has 0 spiro atoms. The molecule has 3 N–H and O–H groups in total. The first-order chi connectivity index (χ1) is 19.3. The summed E-state index contributed by atoms with van der Waals surface area (Å²) in [6.07, 6.45) is -5.12. The van der Waals surface area contributed by atoms with E-state index in [1.807, 2.05) is 0 Å². The van der Waals surface area contributed by atoms with Gasteiger partial charge in [-0.05, 0) is 52.3 Å². The van der Waals surface area contributed by atoms with Gasteiger partial charge in [0, 0.05) is 24.5 Å². The van der Waals surface area contributed by atoms with Crippen molar-refractivity contribution in [3.8, 4) is 17.0 Å². The van der Waals surface area contributed by atoms with Gasteiger partial charge in [0.1, 0.15) is 23.7 Å². The Bertz CT molecular complexity index is 1570. The number of rotatable bonds is 9. The van der Waals surface area contributed by atoms with E-state index in [2.05, 4.69) is 26.2 Å². The number of nitrogens with two attached hydrogens (primary N) is 1. The van der Waals surface area contributed by atoms with Gasteiger partial charge >= 0.3 is 12.3 Å². The predicted molar refractivity (Wildman–Crippen MR) is 136 cm³/mol. The maximum atomic E-state index is 14.9. The number of primary amides is 1. The molecule has 0 fully saturated rings. The molecule has 0 aliphatic rings. The number of benzene rings is 2. The number of amides is 2. The van der Waals surface area contributed by atoms with Gasteiger partial charge in [0.15, 0.2) is 16.2 Å². The number of nitrogens with zero attached hydrogens (tertiary/aromatic N) is 2. The smallest absolute Gasteiger partial charge is 0.416 e. The number of carbonyl (C=O) groups is 2. The van der Waals surface area contributed by atoms with Crippen LogP contribution in [-0.4, -0.2) is 28.2 Å². The van der Waals surface area contributed by atoms with E-state index >= 15 is 0 Å². The van der Waals surface area contributed by atoms with Crippen molar-refractivity contribution in [1.29, 1.82) is 0 Å². The van der Waals surface area contributed by atoms with Gasteiger partial charge in [0.05, 0.1) is 12.1 Å². The molecule has 0 saturated carbocycles. The lowest BCUT2D eigenvalue weighted by Crippen LogP contribution is -2.28. The molecule has 216 valence electrons. The number of hydrogen-bond donors (Lipinski definition) is 2. The van der Waals surface area contributed by atoms with Gasteiger partial charge < -0.3 is 29.5 Å². The molecule has 2 aromatic carbocycles. The van der Waals surface area contributed by atoms with E-state index in [1.165, 1.54) is 0 Å². The summed E-state index contributed by atoms with van der Waals surface area (Å²) in [5.74, 6) is -4.94. The van der Waals surface area contributed by atoms with Gasteiger partial charge in [-0.2, -0.15) is 13.2 Å². The number of aryl methyl sites for hydroxylation is 1. The van der Waals surface area contributed by atoms with E-state index < -0.39 is 59.4 Å². The third-order valence-corrected chi connectivity index (χ3v) is 6.30. The van der Waals surface area contributed by atoms with Crippen LogP contribution in [0.1, 0.15) is 33.6 Å². The second-order valence-corrected chi connectivity index (χ2v) is 9.24. The molecule has 2 aromatic heterocycles. The van der Waals surface area contributed by atoms with Gasteiger partial charge in [-0.3, -0.25) is 4.79 Å². The van der Waals surface area contributed by atoms with Crippen molar-refractivity contribution in [2.45, 2.75) is 18.8 Å². The van der Waals surface area contributed by atoms with Crippen LogP contribution in [0.4, 0.5) is 26.7 Å². The maximum absolute atomic E-state index is 14.9. The standard InChI is InChI=1S/C26H20BrF5N4O5/c1-36-10-2-3-15(36)11-34-25(38)39-12-18(40-17-9-8-16(28)19(20(17)29)23(33)37)24-35-21(22(27)41-24)13-4-6-14(7-5-13)26(30,31)32/h2-10,18H,11-12H2,1H3,(H2,33,37)(H,34,38). The van der Waals surface area contributed by atoms with Gasteiger partial charge in [-0.1, -0.05) is 12.1 Å². The van der Waals surface area contributed by atoms with Crippen LogP contribution in [0.25, 0.3) is 11.3 Å². The predicted octanol–water partition coefficient (Wildman–Crippen LogP) is 5.89. The molecule has 15 heteroatoms. The Morgan fingerprint density at radius 3 is 2.46 bits per heavy atom. The molecule has 1 unspecified atom stereocenters. The first-order valence-electron chi connectivity index (χ1n) is 11.6. The second-order valence-electron chi connectivity index (χ2n) is 8.52. The summed E-state index contributed by atoms with van der Waals surface area (Å²) in [5.41, 5.74) is 4.19. The lowest BCUT2D eigenvalue weighted by atomic mass is 10.1. The number of halogens is 6. The highest BCUT2D eigenvalue weighted by Crippen LogP contribution is 2.36. The van der Waals surface area contributed by atoms with Gasteiger partial charge in [0.25, 0.3) is 5.91 Å². The average molecular weight is 643 g/mol. The largest absolute Gasteiger partial charge is 0.474 e. The number of hydrogen-bond acceptors (Lipinski definition) is 6. The summed E-state index contributed by atoms with van der Waals surface area (Å²) in [6, 6.07) is 9.21. The first kappa shape index (κ1) is 29.6. The number of alkyl carbamates (subject to hydrolysis) is 1. The topological polar surface area (TPSA) is 122 Å². The van der Waals surface area contributed by atoms with Crippen LogP contribution in [-0.2, 0) is 24.5 Å². The summed E-state index contributed by atoms with van der Waals surface area (Å²) in [4.78, 5) is 28.1. The highest BCUT2D eigenvalue weighted by atomic mass is 79.9. The zero-order valence-electron chi connectivity index (χ0n) is 21.0. The summed E-state index contributed by atoms with van der Waals surface area (Å²) >= 11 is 3.14. The quantitative estimate of drug-likeness (QED) is 0.220. The fraction of sp³-hybridized carbons (Fsp3) is 0.192. The Labute approximate surface area is 237 Å². The number of alkyl halides is 3. The van der Waals surface area contributed by atoms with Crippen LogP contribution in [0.2, 0.25) is 0 Å². The zero-order chi connectivity index (χ0) is 29.9. The number of carbonyl (C=O) groups excluding carboxylic acids is 2. The van der Waals surface area contributed by atoms with E-state index in [9.17, 15) is 31.5 Å². The molecule has 0 aliphatic carbocycles. The van der Waals surface area contributed by atoms with Gasteiger partial charge in [0.2, 0.25) is 12.0 Å². The Morgan fingerprint density at radius 1 is 1.15 bits per heavy atom. The van der Waals surface area contributed by atoms with Crippen molar-refractivity contribution in [3.05, 3.63) is 93.7 Å². The molecule has 4 aromatic rings. The third-order valence-electron chi connectivity index (χ3n) is 5.77. The van der Waals surface area contributed by atoms with Crippen LogP contribution in [0.15, 0.2) is 63.8 Å². The zero-order valence-corrected chi connectivity index (χ0v) is 22.6.